The molecule has 2 heterocycles. The summed E-state index contributed by atoms with van der Waals surface area (Å²) in [5.74, 6) is -1.37. The van der Waals surface area contributed by atoms with Gasteiger partial charge in [-0.3, -0.25) is 25.2 Å². The molecule has 1 saturated heterocycles. The highest BCUT2D eigenvalue weighted by molar-refractivity contribution is 5.85. The van der Waals surface area contributed by atoms with E-state index in [9.17, 15) is 27.6 Å². The van der Waals surface area contributed by atoms with Crippen LogP contribution in [0.4, 0.5) is 13.2 Å². The zero-order valence-electron chi connectivity index (χ0n) is 15.0. The van der Waals surface area contributed by atoms with Crippen molar-refractivity contribution in [1.82, 2.24) is 26.3 Å². The van der Waals surface area contributed by atoms with Gasteiger partial charge >= 0.3 is 6.18 Å². The van der Waals surface area contributed by atoms with E-state index >= 15 is 0 Å². The van der Waals surface area contributed by atoms with Crippen molar-refractivity contribution in [3.63, 3.8) is 0 Å². The van der Waals surface area contributed by atoms with Crippen molar-refractivity contribution in [2.45, 2.75) is 31.2 Å². The minimum Gasteiger partial charge on any atom is -0.305 e. The third-order valence-electron chi connectivity index (χ3n) is 4.37. The van der Waals surface area contributed by atoms with Gasteiger partial charge in [-0.05, 0) is 18.1 Å². The maximum Gasteiger partial charge on any atom is 0.417 e. The quantitative estimate of drug-likeness (QED) is 0.555. The van der Waals surface area contributed by atoms with Gasteiger partial charge in [0.25, 0.3) is 17.4 Å². The molecular formula is C18H18F3N5O3. The second-order valence-corrected chi connectivity index (χ2v) is 6.46. The first-order chi connectivity index (χ1) is 13.7. The molecule has 0 aliphatic carbocycles. The Bertz CT molecular complexity index is 946. The van der Waals surface area contributed by atoms with E-state index < -0.39 is 41.7 Å². The number of nitrogens with one attached hydrogen (secondary N) is 4. The smallest absolute Gasteiger partial charge is 0.305 e. The molecule has 1 fully saturated rings. The number of alkyl halides is 3. The molecule has 8 nitrogen and oxygen atoms in total. The zero-order valence-corrected chi connectivity index (χ0v) is 15.0. The van der Waals surface area contributed by atoms with E-state index in [1.54, 1.807) is 0 Å². The van der Waals surface area contributed by atoms with Gasteiger partial charge < -0.3 is 4.57 Å². The molecule has 1 aromatic heterocycles. The molecule has 0 radical (unpaired) electrons. The van der Waals surface area contributed by atoms with Crippen LogP contribution in [0, 0.1) is 0 Å². The molecule has 1 aliphatic heterocycles. The van der Waals surface area contributed by atoms with Crippen LogP contribution in [0.2, 0.25) is 0 Å². The van der Waals surface area contributed by atoms with E-state index in [-0.39, 0.29) is 6.04 Å². The summed E-state index contributed by atoms with van der Waals surface area (Å²) in [7, 11) is 0. The molecule has 1 aromatic carbocycles. The van der Waals surface area contributed by atoms with Crippen molar-refractivity contribution in [3.8, 4) is 0 Å². The molecule has 0 saturated carbocycles. The number of nitrogens with zero attached hydrogens (tertiary/aromatic N) is 1. The number of rotatable bonds is 4. The lowest BCUT2D eigenvalue weighted by molar-refractivity contribution is -0.138. The minimum absolute atomic E-state index is 0.0914. The molecule has 0 spiro atoms. The van der Waals surface area contributed by atoms with Crippen LogP contribution < -0.4 is 27.3 Å². The maximum atomic E-state index is 12.7. The normalized spacial score (nSPS) is 19.0. The average molecular weight is 409 g/mol. The van der Waals surface area contributed by atoms with Crippen LogP contribution in [-0.4, -0.2) is 22.4 Å². The van der Waals surface area contributed by atoms with Crippen molar-refractivity contribution in [2.75, 3.05) is 0 Å². The molecular weight excluding hydrogens is 391 g/mol. The van der Waals surface area contributed by atoms with E-state index in [1.165, 1.54) is 0 Å². The highest BCUT2D eigenvalue weighted by Gasteiger charge is 2.32. The Morgan fingerprint density at radius 3 is 2.48 bits per heavy atom. The molecule has 2 amide bonds. The summed E-state index contributed by atoms with van der Waals surface area (Å²) in [6.07, 6.45) is -3.66. The SMILES string of the molecule is O=C(Cn1cc(C(F)(F)F)ccc1=O)NNC(=O)C1CC(c2ccccc2)NN1. The lowest BCUT2D eigenvalue weighted by Gasteiger charge is -2.13. The summed E-state index contributed by atoms with van der Waals surface area (Å²) >= 11 is 0. The Hall–Kier alpha value is -3.18. The third-order valence-corrected chi connectivity index (χ3v) is 4.37. The number of aromatic nitrogens is 1. The van der Waals surface area contributed by atoms with Crippen molar-refractivity contribution < 1.29 is 22.8 Å². The highest BCUT2D eigenvalue weighted by atomic mass is 19.4. The summed E-state index contributed by atoms with van der Waals surface area (Å²) < 4.78 is 38.8. The lowest BCUT2D eigenvalue weighted by Crippen LogP contribution is -2.51. The number of hydrazine groups is 2. The Balaban J connectivity index is 1.52. The summed E-state index contributed by atoms with van der Waals surface area (Å²) in [6, 6.07) is 10.1. The molecule has 29 heavy (non-hydrogen) atoms. The van der Waals surface area contributed by atoms with Gasteiger partial charge in [0.2, 0.25) is 0 Å². The van der Waals surface area contributed by atoms with Crippen molar-refractivity contribution in [1.29, 1.82) is 0 Å². The Morgan fingerprint density at radius 2 is 1.79 bits per heavy atom. The van der Waals surface area contributed by atoms with E-state index in [0.29, 0.717) is 23.3 Å². The van der Waals surface area contributed by atoms with Gasteiger partial charge in [0.05, 0.1) is 5.56 Å². The number of hydrogen-bond donors (Lipinski definition) is 4. The van der Waals surface area contributed by atoms with Crippen LogP contribution in [0.5, 0.6) is 0 Å². The first-order valence-electron chi connectivity index (χ1n) is 8.66. The molecule has 0 bridgehead atoms. The third kappa shape index (κ3) is 5.21. The topological polar surface area (TPSA) is 104 Å². The number of halogens is 3. The fourth-order valence-electron chi connectivity index (χ4n) is 2.87. The van der Waals surface area contributed by atoms with E-state index in [1.807, 2.05) is 30.3 Å². The van der Waals surface area contributed by atoms with Gasteiger partial charge in [-0.15, -0.1) is 0 Å². The van der Waals surface area contributed by atoms with Crippen molar-refractivity contribution >= 4 is 11.8 Å². The highest BCUT2D eigenvalue weighted by Crippen LogP contribution is 2.28. The van der Waals surface area contributed by atoms with Crippen LogP contribution in [0.3, 0.4) is 0 Å². The number of carbonyl (C=O) groups excluding carboxylic acids is 2. The maximum absolute atomic E-state index is 12.7. The monoisotopic (exact) mass is 409 g/mol. The summed E-state index contributed by atoms with van der Waals surface area (Å²) in [5.41, 5.74) is 9.27. The van der Waals surface area contributed by atoms with Gasteiger partial charge in [-0.2, -0.15) is 13.2 Å². The largest absolute Gasteiger partial charge is 0.417 e. The molecule has 2 unspecified atom stereocenters. The Kier molecular flexibility index (Phi) is 5.99. The van der Waals surface area contributed by atoms with Crippen molar-refractivity contribution in [3.05, 3.63) is 70.1 Å². The number of carbonyl (C=O) groups is 2. The number of pyridine rings is 1. The fraction of sp³-hybridized carbons (Fsp3) is 0.278. The average Bonchev–Trinajstić information content (AvgIpc) is 3.18. The van der Waals surface area contributed by atoms with Crippen LogP contribution in [0.1, 0.15) is 23.6 Å². The van der Waals surface area contributed by atoms with Crippen LogP contribution in [-0.2, 0) is 22.3 Å². The summed E-state index contributed by atoms with van der Waals surface area (Å²) in [6.45, 7) is -0.675. The molecule has 154 valence electrons. The molecule has 11 heteroatoms. The molecule has 1 aliphatic rings. The zero-order chi connectivity index (χ0) is 21.0. The molecule has 4 N–H and O–H groups in total. The van der Waals surface area contributed by atoms with Crippen LogP contribution in [0.25, 0.3) is 0 Å². The minimum atomic E-state index is -4.64. The molecule has 2 atom stereocenters. The predicted octanol–water partition coefficient (Wildman–Crippen LogP) is 0.622. The number of amides is 2. The lowest BCUT2D eigenvalue weighted by atomic mass is 10.0. The summed E-state index contributed by atoms with van der Waals surface area (Å²) in [4.78, 5) is 35.8. The second kappa shape index (κ2) is 8.45. The Morgan fingerprint density at radius 1 is 1.07 bits per heavy atom. The standard InChI is InChI=1S/C18H18F3N5O3/c19-18(20,21)12-6-7-16(28)26(9-12)10-15(27)24-25-17(29)14-8-13(22-23-14)11-4-2-1-3-5-11/h1-7,9,13-14,22-23H,8,10H2,(H,24,27)(H,25,29). The van der Waals surface area contributed by atoms with Crippen molar-refractivity contribution in [2.24, 2.45) is 0 Å². The predicted molar refractivity (Wildman–Crippen MR) is 95.8 cm³/mol. The van der Waals surface area contributed by atoms with Gasteiger partial charge in [0, 0.05) is 18.3 Å². The van der Waals surface area contributed by atoms with Gasteiger partial charge in [-0.1, -0.05) is 30.3 Å². The fourth-order valence-corrected chi connectivity index (χ4v) is 2.87. The second-order valence-electron chi connectivity index (χ2n) is 6.46. The van der Waals surface area contributed by atoms with Crippen LogP contribution in [0.15, 0.2) is 53.5 Å². The first-order valence-corrected chi connectivity index (χ1v) is 8.66. The molecule has 2 aromatic rings. The van der Waals surface area contributed by atoms with Gasteiger partial charge in [-0.25, -0.2) is 10.9 Å². The van der Waals surface area contributed by atoms with E-state index in [2.05, 4.69) is 21.7 Å². The van der Waals surface area contributed by atoms with Crippen LogP contribution >= 0.6 is 0 Å². The first kappa shape index (κ1) is 20.6. The summed E-state index contributed by atoms with van der Waals surface area (Å²) in [5, 5.41) is 0. The number of benzene rings is 1. The Labute approximate surface area is 163 Å². The molecule has 3 rings (SSSR count). The van der Waals surface area contributed by atoms with Gasteiger partial charge in [0.15, 0.2) is 0 Å². The van der Waals surface area contributed by atoms with E-state index in [0.717, 1.165) is 11.6 Å². The van der Waals surface area contributed by atoms with Gasteiger partial charge in [0.1, 0.15) is 12.6 Å². The number of hydrogen-bond acceptors (Lipinski definition) is 5. The van der Waals surface area contributed by atoms with E-state index in [4.69, 9.17) is 0 Å².